The van der Waals surface area contributed by atoms with Crippen LogP contribution in [0.5, 0.6) is 0 Å². The summed E-state index contributed by atoms with van der Waals surface area (Å²) in [5.41, 5.74) is 5.51. The van der Waals surface area contributed by atoms with Crippen LogP contribution in [0.3, 0.4) is 0 Å². The fourth-order valence-corrected chi connectivity index (χ4v) is 0.711. The van der Waals surface area contributed by atoms with Gasteiger partial charge in [0.1, 0.15) is 0 Å². The summed E-state index contributed by atoms with van der Waals surface area (Å²) in [4.78, 5) is 0. The summed E-state index contributed by atoms with van der Waals surface area (Å²) >= 11 is 4.64. The number of hydrogen-bond acceptors (Lipinski definition) is 2. The second-order valence-corrected chi connectivity index (χ2v) is 2.70. The van der Waals surface area contributed by atoms with E-state index in [9.17, 15) is 0 Å². The molecule has 0 amide bonds. The molecule has 4 heteroatoms. The second kappa shape index (κ2) is 9.63. The van der Waals surface area contributed by atoms with Crippen LogP contribution in [0.2, 0.25) is 0 Å². The first-order chi connectivity index (χ1) is 3.66. The molecule has 0 aliphatic rings. The first kappa shape index (κ1) is 16.9. The topological polar surface area (TPSA) is 26.0 Å². The van der Waals surface area contributed by atoms with Crippen molar-refractivity contribution in [2.24, 2.45) is 11.7 Å². The summed E-state index contributed by atoms with van der Waals surface area (Å²) in [6.45, 7) is 4.28. The molecule has 0 saturated carbocycles. The first-order valence-electron chi connectivity index (χ1n) is 2.87. The monoisotopic (exact) mass is 203 g/mol. The Labute approximate surface area is 80.6 Å². The summed E-state index contributed by atoms with van der Waals surface area (Å²) < 4.78 is 0. The molecule has 0 saturated heterocycles. The fourth-order valence-electron chi connectivity index (χ4n) is 0.600. The van der Waals surface area contributed by atoms with E-state index in [1.165, 1.54) is 0 Å². The van der Waals surface area contributed by atoms with Gasteiger partial charge in [-0.15, -0.1) is 24.8 Å². The summed E-state index contributed by atoms with van der Waals surface area (Å²) in [6, 6.07) is 0.116. The van der Waals surface area contributed by atoms with Crippen molar-refractivity contribution in [3.8, 4) is 0 Å². The summed E-state index contributed by atoms with van der Waals surface area (Å²) in [5, 5.41) is 1.62. The average molecular weight is 204 g/mol. The molecule has 64 valence electrons. The van der Waals surface area contributed by atoms with E-state index in [1.807, 2.05) is 0 Å². The highest BCUT2D eigenvalue weighted by Crippen LogP contribution is 2.00. The first-order valence-corrected chi connectivity index (χ1v) is 3.34. The Morgan fingerprint density at radius 2 is 1.80 bits per heavy atom. The van der Waals surface area contributed by atoms with E-state index >= 15 is 0 Å². The van der Waals surface area contributed by atoms with Crippen molar-refractivity contribution in [3.05, 3.63) is 0 Å². The molecule has 0 spiro atoms. The van der Waals surface area contributed by atoms with Crippen LogP contribution in [-0.4, -0.2) is 11.4 Å². The van der Waals surface area contributed by atoms with Gasteiger partial charge in [0, 0.05) is 6.04 Å². The van der Waals surface area contributed by atoms with Crippen molar-refractivity contribution in [1.29, 1.82) is 0 Å². The zero-order valence-electron chi connectivity index (χ0n) is 6.24. The minimum Gasteiger partial charge on any atom is -0.324 e. The van der Waals surface area contributed by atoms with Crippen LogP contribution in [-0.2, 0) is 0 Å². The van der Waals surface area contributed by atoms with Crippen LogP contribution >= 0.6 is 37.0 Å². The SMILES string of the molecule is CC(C)CC(N)C=S.Cl.Cl. The molecule has 1 unspecified atom stereocenters. The lowest BCUT2D eigenvalue weighted by Gasteiger charge is -2.06. The van der Waals surface area contributed by atoms with Crippen LogP contribution < -0.4 is 5.73 Å². The summed E-state index contributed by atoms with van der Waals surface area (Å²) in [5.74, 6) is 0.657. The van der Waals surface area contributed by atoms with Gasteiger partial charge in [-0.3, -0.25) is 0 Å². The Hall–Kier alpha value is 0.630. The Morgan fingerprint density at radius 3 is 1.90 bits per heavy atom. The molecule has 0 radical (unpaired) electrons. The quantitative estimate of drug-likeness (QED) is 0.713. The molecular formula is C6H15Cl2NS. The highest BCUT2D eigenvalue weighted by Gasteiger charge is 1.99. The maximum absolute atomic E-state index is 5.51. The van der Waals surface area contributed by atoms with Crippen molar-refractivity contribution >= 4 is 42.4 Å². The van der Waals surface area contributed by atoms with Gasteiger partial charge in [-0.2, -0.15) is 0 Å². The van der Waals surface area contributed by atoms with Gasteiger partial charge in [-0.1, -0.05) is 26.1 Å². The van der Waals surface area contributed by atoms with Crippen molar-refractivity contribution < 1.29 is 0 Å². The second-order valence-electron chi connectivity index (χ2n) is 2.43. The lowest BCUT2D eigenvalue weighted by atomic mass is 10.1. The van der Waals surface area contributed by atoms with Gasteiger partial charge in [0.05, 0.1) is 0 Å². The van der Waals surface area contributed by atoms with Crippen molar-refractivity contribution in [3.63, 3.8) is 0 Å². The van der Waals surface area contributed by atoms with Crippen LogP contribution in [0.15, 0.2) is 0 Å². The van der Waals surface area contributed by atoms with Gasteiger partial charge in [0.15, 0.2) is 0 Å². The zero-order valence-corrected chi connectivity index (χ0v) is 8.69. The molecule has 1 nitrogen and oxygen atoms in total. The van der Waals surface area contributed by atoms with Crippen LogP contribution in [0.1, 0.15) is 20.3 Å². The van der Waals surface area contributed by atoms with E-state index in [-0.39, 0.29) is 30.9 Å². The molecule has 10 heavy (non-hydrogen) atoms. The van der Waals surface area contributed by atoms with Gasteiger partial charge in [-0.05, 0) is 17.7 Å². The number of hydrogen-bond donors (Lipinski definition) is 1. The number of rotatable bonds is 3. The molecule has 0 heterocycles. The molecule has 0 bridgehead atoms. The lowest BCUT2D eigenvalue weighted by Crippen LogP contribution is -2.22. The van der Waals surface area contributed by atoms with Gasteiger partial charge in [0.25, 0.3) is 0 Å². The smallest absolute Gasteiger partial charge is 0.0330 e. The zero-order chi connectivity index (χ0) is 6.57. The molecule has 2 N–H and O–H groups in total. The molecule has 0 aliphatic carbocycles. The van der Waals surface area contributed by atoms with Crippen LogP contribution in [0.4, 0.5) is 0 Å². The van der Waals surface area contributed by atoms with Gasteiger partial charge >= 0.3 is 0 Å². The molecule has 0 aromatic carbocycles. The summed E-state index contributed by atoms with van der Waals surface area (Å²) in [6.07, 6.45) is 1.00. The van der Waals surface area contributed by atoms with E-state index in [4.69, 9.17) is 5.73 Å². The molecule has 0 rings (SSSR count). The van der Waals surface area contributed by atoms with E-state index in [0.717, 1.165) is 6.42 Å². The third-order valence-corrected chi connectivity index (χ3v) is 1.27. The highest BCUT2D eigenvalue weighted by molar-refractivity contribution is 7.79. The van der Waals surface area contributed by atoms with E-state index < -0.39 is 0 Å². The van der Waals surface area contributed by atoms with Gasteiger partial charge in [-0.25, -0.2) is 0 Å². The average Bonchev–Trinajstić information content (AvgIpc) is 1.65. The molecule has 0 aliphatic heterocycles. The molecule has 0 aromatic rings. The van der Waals surface area contributed by atoms with Gasteiger partial charge in [0.2, 0.25) is 0 Å². The third kappa shape index (κ3) is 11.4. The minimum absolute atomic E-state index is 0. The fraction of sp³-hybridized carbons (Fsp3) is 0.833. The Kier molecular flexibility index (Phi) is 16.3. The predicted octanol–water partition coefficient (Wildman–Crippen LogP) is 2.20. The maximum Gasteiger partial charge on any atom is 0.0330 e. The molecule has 0 aromatic heterocycles. The van der Waals surface area contributed by atoms with Crippen molar-refractivity contribution in [2.75, 3.05) is 0 Å². The van der Waals surface area contributed by atoms with E-state index in [1.54, 1.807) is 5.37 Å². The maximum atomic E-state index is 5.51. The van der Waals surface area contributed by atoms with Crippen LogP contribution in [0, 0.1) is 5.92 Å². The van der Waals surface area contributed by atoms with Crippen molar-refractivity contribution in [1.82, 2.24) is 0 Å². The minimum atomic E-state index is 0. The number of thiocarbonyl (C=S) groups is 1. The predicted molar refractivity (Wildman–Crippen MR) is 55.6 cm³/mol. The molecular weight excluding hydrogens is 189 g/mol. The third-order valence-electron chi connectivity index (χ3n) is 0.918. The Morgan fingerprint density at radius 1 is 1.40 bits per heavy atom. The normalized spacial score (nSPS) is 11.2. The van der Waals surface area contributed by atoms with Gasteiger partial charge < -0.3 is 5.73 Å². The Bertz CT molecular complexity index is 78.1. The summed E-state index contributed by atoms with van der Waals surface area (Å²) in [7, 11) is 0. The Balaban J connectivity index is -0.000000245. The number of halogens is 2. The van der Waals surface area contributed by atoms with E-state index in [0.29, 0.717) is 5.92 Å². The molecule has 0 fully saturated rings. The van der Waals surface area contributed by atoms with Crippen molar-refractivity contribution in [2.45, 2.75) is 26.3 Å². The molecule has 1 atom stereocenters. The van der Waals surface area contributed by atoms with Crippen LogP contribution in [0.25, 0.3) is 0 Å². The largest absolute Gasteiger partial charge is 0.324 e. The highest BCUT2D eigenvalue weighted by atomic mass is 35.5. The van der Waals surface area contributed by atoms with E-state index in [2.05, 4.69) is 26.1 Å². The number of nitrogens with two attached hydrogens (primary N) is 1. The lowest BCUT2D eigenvalue weighted by molar-refractivity contribution is 0.566. The standard InChI is InChI=1S/C6H13NS.2ClH/c1-5(2)3-6(7)4-8;;/h4-6H,3,7H2,1-2H3;2*1H.